The van der Waals surface area contributed by atoms with Crippen LogP contribution in [-0.2, 0) is 6.61 Å². The Balaban J connectivity index is 1.83. The summed E-state index contributed by atoms with van der Waals surface area (Å²) < 4.78 is 11.6. The standard InChI is InChI=1S/C25H26ClNO3/c1-15-11-16(2)17(3)24(12-15)30-14-20-13-19(9-10-23(20)29-5)25(28)27-22-8-6-7-21(26)18(22)4/h6-13H,14H2,1-5H3,(H,27,28). The van der Waals surface area contributed by atoms with E-state index in [1.165, 1.54) is 5.56 Å². The maximum Gasteiger partial charge on any atom is 0.255 e. The lowest BCUT2D eigenvalue weighted by Gasteiger charge is -2.15. The Morgan fingerprint density at radius 1 is 0.967 bits per heavy atom. The van der Waals surface area contributed by atoms with E-state index in [0.717, 1.165) is 28.0 Å². The first-order valence-electron chi connectivity index (χ1n) is 9.74. The molecule has 5 heteroatoms. The zero-order chi connectivity index (χ0) is 21.8. The summed E-state index contributed by atoms with van der Waals surface area (Å²) in [6, 6.07) is 14.9. The van der Waals surface area contributed by atoms with Crippen LogP contribution in [0.2, 0.25) is 5.02 Å². The van der Waals surface area contributed by atoms with Gasteiger partial charge in [-0.25, -0.2) is 0 Å². The number of anilines is 1. The predicted octanol–water partition coefficient (Wildman–Crippen LogP) is 6.41. The quantitative estimate of drug-likeness (QED) is 0.498. The van der Waals surface area contributed by atoms with Crippen molar-refractivity contribution in [2.45, 2.75) is 34.3 Å². The summed E-state index contributed by atoms with van der Waals surface area (Å²) in [5.41, 5.74) is 6.26. The number of amides is 1. The van der Waals surface area contributed by atoms with Gasteiger partial charge in [0.15, 0.2) is 0 Å². The molecule has 30 heavy (non-hydrogen) atoms. The second-order valence-corrected chi connectivity index (χ2v) is 7.79. The van der Waals surface area contributed by atoms with Crippen LogP contribution in [0.1, 0.15) is 38.2 Å². The van der Waals surface area contributed by atoms with E-state index < -0.39 is 0 Å². The highest BCUT2D eigenvalue weighted by molar-refractivity contribution is 6.31. The van der Waals surface area contributed by atoms with E-state index in [1.54, 1.807) is 31.4 Å². The summed E-state index contributed by atoms with van der Waals surface area (Å²) in [5.74, 6) is 1.29. The molecule has 0 bridgehead atoms. The second-order valence-electron chi connectivity index (χ2n) is 7.39. The van der Waals surface area contributed by atoms with Crippen molar-refractivity contribution in [1.29, 1.82) is 0 Å². The number of nitrogens with one attached hydrogen (secondary N) is 1. The molecule has 3 rings (SSSR count). The topological polar surface area (TPSA) is 47.6 Å². The molecule has 0 spiro atoms. The van der Waals surface area contributed by atoms with Crippen LogP contribution in [0.3, 0.4) is 0 Å². The van der Waals surface area contributed by atoms with Crippen molar-refractivity contribution in [3.63, 3.8) is 0 Å². The molecular formula is C25H26ClNO3. The van der Waals surface area contributed by atoms with Gasteiger partial charge in [-0.05, 0) is 86.3 Å². The minimum Gasteiger partial charge on any atom is -0.496 e. The average molecular weight is 424 g/mol. The maximum atomic E-state index is 12.8. The number of hydrogen-bond acceptors (Lipinski definition) is 3. The van der Waals surface area contributed by atoms with Crippen LogP contribution >= 0.6 is 11.6 Å². The average Bonchev–Trinajstić information content (AvgIpc) is 2.72. The molecule has 1 N–H and O–H groups in total. The second kappa shape index (κ2) is 9.23. The lowest BCUT2D eigenvalue weighted by molar-refractivity contribution is 0.102. The SMILES string of the molecule is COc1ccc(C(=O)Nc2cccc(Cl)c2C)cc1COc1cc(C)cc(C)c1C. The van der Waals surface area contributed by atoms with Crippen LogP contribution in [0.25, 0.3) is 0 Å². The summed E-state index contributed by atoms with van der Waals surface area (Å²) in [5, 5.41) is 3.54. The molecule has 3 aromatic rings. The van der Waals surface area contributed by atoms with Gasteiger partial charge in [0.2, 0.25) is 0 Å². The number of carbonyl (C=O) groups excluding carboxylic acids is 1. The molecule has 0 saturated carbocycles. The van der Waals surface area contributed by atoms with Crippen LogP contribution in [0.5, 0.6) is 11.5 Å². The van der Waals surface area contributed by atoms with E-state index in [2.05, 4.69) is 18.3 Å². The molecule has 0 aliphatic carbocycles. The van der Waals surface area contributed by atoms with Crippen LogP contribution in [-0.4, -0.2) is 13.0 Å². The summed E-state index contributed by atoms with van der Waals surface area (Å²) in [7, 11) is 1.61. The van der Waals surface area contributed by atoms with Crippen molar-refractivity contribution in [1.82, 2.24) is 0 Å². The highest BCUT2D eigenvalue weighted by Gasteiger charge is 2.14. The predicted molar refractivity (Wildman–Crippen MR) is 122 cm³/mol. The van der Waals surface area contributed by atoms with Crippen molar-refractivity contribution >= 4 is 23.2 Å². The Morgan fingerprint density at radius 3 is 2.47 bits per heavy atom. The van der Waals surface area contributed by atoms with Crippen molar-refractivity contribution in [3.8, 4) is 11.5 Å². The van der Waals surface area contributed by atoms with Gasteiger partial charge in [-0.1, -0.05) is 23.7 Å². The monoisotopic (exact) mass is 423 g/mol. The Bertz CT molecular complexity index is 1090. The van der Waals surface area contributed by atoms with Gasteiger partial charge in [0, 0.05) is 21.8 Å². The molecule has 0 heterocycles. The van der Waals surface area contributed by atoms with E-state index in [4.69, 9.17) is 21.1 Å². The smallest absolute Gasteiger partial charge is 0.255 e. The molecule has 4 nitrogen and oxygen atoms in total. The number of carbonyl (C=O) groups is 1. The van der Waals surface area contributed by atoms with E-state index >= 15 is 0 Å². The lowest BCUT2D eigenvalue weighted by atomic mass is 10.1. The minimum atomic E-state index is -0.216. The van der Waals surface area contributed by atoms with Crippen LogP contribution in [0.15, 0.2) is 48.5 Å². The van der Waals surface area contributed by atoms with Gasteiger partial charge >= 0.3 is 0 Å². The molecule has 0 radical (unpaired) electrons. The number of ether oxygens (including phenoxy) is 2. The molecule has 0 aliphatic heterocycles. The Hall–Kier alpha value is -2.98. The van der Waals surface area contributed by atoms with Crippen molar-refractivity contribution in [2.24, 2.45) is 0 Å². The molecule has 0 atom stereocenters. The van der Waals surface area contributed by atoms with Crippen molar-refractivity contribution in [2.75, 3.05) is 12.4 Å². The zero-order valence-corrected chi connectivity index (χ0v) is 18.7. The number of hydrogen-bond donors (Lipinski definition) is 1. The number of benzene rings is 3. The molecule has 0 unspecified atom stereocenters. The third kappa shape index (κ3) is 4.77. The molecule has 1 amide bonds. The molecule has 0 aliphatic rings. The number of aryl methyl sites for hydroxylation is 2. The molecule has 156 valence electrons. The highest BCUT2D eigenvalue weighted by atomic mass is 35.5. The van der Waals surface area contributed by atoms with Crippen molar-refractivity contribution in [3.05, 3.63) is 86.9 Å². The molecular weight excluding hydrogens is 398 g/mol. The van der Waals surface area contributed by atoms with Crippen LogP contribution in [0, 0.1) is 27.7 Å². The Morgan fingerprint density at radius 2 is 1.73 bits per heavy atom. The van der Waals surface area contributed by atoms with E-state index in [0.29, 0.717) is 28.6 Å². The molecule has 0 saturated heterocycles. The van der Waals surface area contributed by atoms with Gasteiger partial charge < -0.3 is 14.8 Å². The molecule has 0 aromatic heterocycles. The summed E-state index contributed by atoms with van der Waals surface area (Å²) in [6.07, 6.45) is 0. The lowest BCUT2D eigenvalue weighted by Crippen LogP contribution is -2.13. The van der Waals surface area contributed by atoms with E-state index in [-0.39, 0.29) is 5.91 Å². The fourth-order valence-corrected chi connectivity index (χ4v) is 3.45. The first kappa shape index (κ1) is 21.7. The Labute approximate surface area is 182 Å². The summed E-state index contributed by atoms with van der Waals surface area (Å²) in [4.78, 5) is 12.8. The first-order chi connectivity index (χ1) is 14.3. The fourth-order valence-electron chi connectivity index (χ4n) is 3.28. The number of halogens is 1. The van der Waals surface area contributed by atoms with Gasteiger partial charge in [-0.3, -0.25) is 4.79 Å². The third-order valence-electron chi connectivity index (χ3n) is 5.21. The number of rotatable bonds is 6. The van der Waals surface area contributed by atoms with Gasteiger partial charge in [0.1, 0.15) is 18.1 Å². The normalized spacial score (nSPS) is 10.6. The van der Waals surface area contributed by atoms with Crippen LogP contribution in [0.4, 0.5) is 5.69 Å². The summed E-state index contributed by atoms with van der Waals surface area (Å²) in [6.45, 7) is 8.32. The maximum absolute atomic E-state index is 12.8. The van der Waals surface area contributed by atoms with E-state index in [1.807, 2.05) is 39.0 Å². The van der Waals surface area contributed by atoms with Gasteiger partial charge in [-0.2, -0.15) is 0 Å². The van der Waals surface area contributed by atoms with E-state index in [9.17, 15) is 4.79 Å². The minimum absolute atomic E-state index is 0.216. The fraction of sp³-hybridized carbons (Fsp3) is 0.240. The van der Waals surface area contributed by atoms with Crippen LogP contribution < -0.4 is 14.8 Å². The molecule has 3 aromatic carbocycles. The van der Waals surface area contributed by atoms with Gasteiger partial charge in [0.05, 0.1) is 7.11 Å². The third-order valence-corrected chi connectivity index (χ3v) is 5.62. The van der Waals surface area contributed by atoms with Crippen molar-refractivity contribution < 1.29 is 14.3 Å². The zero-order valence-electron chi connectivity index (χ0n) is 17.9. The van der Waals surface area contributed by atoms with Gasteiger partial charge in [-0.15, -0.1) is 0 Å². The summed E-state index contributed by atoms with van der Waals surface area (Å²) >= 11 is 6.16. The van der Waals surface area contributed by atoms with Gasteiger partial charge in [0.25, 0.3) is 5.91 Å². The number of methoxy groups -OCH3 is 1. The first-order valence-corrected chi connectivity index (χ1v) is 10.1. The largest absolute Gasteiger partial charge is 0.496 e. The molecule has 0 fully saturated rings. The highest BCUT2D eigenvalue weighted by Crippen LogP contribution is 2.28. The Kier molecular flexibility index (Phi) is 6.68.